The van der Waals surface area contributed by atoms with Gasteiger partial charge in [0.1, 0.15) is 0 Å². The van der Waals surface area contributed by atoms with Gasteiger partial charge in [0.15, 0.2) is 0 Å². The van der Waals surface area contributed by atoms with Gasteiger partial charge in [0.25, 0.3) is 5.92 Å². The molecular formula is C27H30F5N3O5S2. The summed E-state index contributed by atoms with van der Waals surface area (Å²) in [6.45, 7) is 2.26. The third kappa shape index (κ3) is 7.36. The van der Waals surface area contributed by atoms with Crippen LogP contribution in [0.1, 0.15) is 41.9 Å². The summed E-state index contributed by atoms with van der Waals surface area (Å²) in [6, 6.07) is 8.88. The molecule has 2 aliphatic rings. The quantitative estimate of drug-likeness (QED) is 0.396. The Morgan fingerprint density at radius 2 is 1.69 bits per heavy atom. The van der Waals surface area contributed by atoms with Crippen molar-refractivity contribution in [1.82, 2.24) is 13.9 Å². The van der Waals surface area contributed by atoms with E-state index in [0.29, 0.717) is 24.0 Å². The average Bonchev–Trinajstić information content (AvgIpc) is 3.56. The number of alkyl halides is 5. The largest absolute Gasteiger partial charge is 0.416 e. The van der Waals surface area contributed by atoms with E-state index in [0.717, 1.165) is 22.4 Å². The van der Waals surface area contributed by atoms with Gasteiger partial charge in [-0.2, -0.15) is 17.5 Å². The van der Waals surface area contributed by atoms with Gasteiger partial charge in [0, 0.05) is 37.5 Å². The highest BCUT2D eigenvalue weighted by atomic mass is 32.2. The van der Waals surface area contributed by atoms with Crippen molar-refractivity contribution in [3.63, 3.8) is 0 Å². The zero-order chi connectivity index (χ0) is 30.9. The number of sulfonamides is 2. The van der Waals surface area contributed by atoms with Gasteiger partial charge >= 0.3 is 6.18 Å². The summed E-state index contributed by atoms with van der Waals surface area (Å²) in [5.74, 6) is -4.75. The van der Waals surface area contributed by atoms with Crippen molar-refractivity contribution in [2.24, 2.45) is 0 Å². The number of hydrogen-bond acceptors (Lipinski definition) is 5. The molecule has 2 fully saturated rings. The van der Waals surface area contributed by atoms with Crippen molar-refractivity contribution >= 4 is 26.0 Å². The van der Waals surface area contributed by atoms with Gasteiger partial charge in [-0.3, -0.25) is 4.79 Å². The average molecular weight is 636 g/mol. The second-order valence-corrected chi connectivity index (χ2v) is 14.0. The molecule has 2 saturated heterocycles. The molecular weight excluding hydrogens is 605 g/mol. The predicted molar refractivity (Wildman–Crippen MR) is 145 cm³/mol. The van der Waals surface area contributed by atoms with Gasteiger partial charge < -0.3 is 4.90 Å². The van der Waals surface area contributed by atoms with Crippen LogP contribution in [0.25, 0.3) is 0 Å². The molecule has 15 heteroatoms. The third-order valence-electron chi connectivity index (χ3n) is 7.45. The monoisotopic (exact) mass is 635 g/mol. The van der Waals surface area contributed by atoms with Crippen LogP contribution >= 0.6 is 0 Å². The summed E-state index contributed by atoms with van der Waals surface area (Å²) in [4.78, 5) is 14.3. The number of rotatable bonds is 10. The third-order valence-corrected chi connectivity index (χ3v) is 10.4. The molecule has 1 unspecified atom stereocenters. The van der Waals surface area contributed by atoms with Crippen LogP contribution in [0.4, 0.5) is 22.0 Å². The van der Waals surface area contributed by atoms with Crippen LogP contribution in [0, 0.1) is 0 Å². The Morgan fingerprint density at radius 3 is 2.24 bits per heavy atom. The second kappa shape index (κ2) is 12.0. The lowest BCUT2D eigenvalue weighted by Crippen LogP contribution is -2.42. The molecule has 4 rings (SSSR count). The van der Waals surface area contributed by atoms with Crippen LogP contribution < -0.4 is 4.72 Å². The van der Waals surface area contributed by atoms with Gasteiger partial charge in [0.2, 0.25) is 26.0 Å². The maximum atomic E-state index is 13.9. The number of nitrogens with zero attached hydrogens (tertiary/aromatic N) is 2. The molecule has 8 nitrogen and oxygen atoms in total. The molecule has 2 heterocycles. The molecule has 2 aromatic rings. The number of hydrogen-bond donors (Lipinski definition) is 1. The van der Waals surface area contributed by atoms with Gasteiger partial charge in [-0.1, -0.05) is 30.8 Å². The molecule has 0 radical (unpaired) electrons. The Balaban J connectivity index is 1.59. The molecule has 0 aromatic heterocycles. The van der Waals surface area contributed by atoms with E-state index in [1.807, 2.05) is 0 Å². The number of carbonyl (C=O) groups excluding carboxylic acids is 1. The van der Waals surface area contributed by atoms with E-state index < -0.39 is 68.5 Å². The minimum atomic E-state index is -4.56. The SMILES string of the molecule is C=CS(=O)(=O)NC[C@H]1CCCN1S(=O)(=O)c1ccc(C(Cc2ccc(C(F)(F)F)cc2)C(=O)N2CCC(F)(F)C2)cc1. The second-order valence-electron chi connectivity index (χ2n) is 10.4. The maximum absolute atomic E-state index is 13.9. The molecule has 42 heavy (non-hydrogen) atoms. The summed E-state index contributed by atoms with van der Waals surface area (Å²) in [7, 11) is -7.82. The summed E-state index contributed by atoms with van der Waals surface area (Å²) < 4.78 is 121. The minimum absolute atomic E-state index is 0.0945. The first-order valence-corrected chi connectivity index (χ1v) is 16.1. The fraction of sp³-hybridized carbons (Fsp3) is 0.444. The standard InChI is InChI=1S/C27H30F5N3O5S2/c1-2-41(37,38)33-17-22-4-3-14-35(22)42(39,40)23-11-7-20(8-12-23)24(25(36)34-15-13-26(28,29)18-34)16-19-5-9-21(10-6-19)27(30,31)32/h2,5-12,22,24,33H,1,3-4,13-18H2/t22-,24?/m1/s1. The van der Waals surface area contributed by atoms with E-state index in [2.05, 4.69) is 11.3 Å². The predicted octanol–water partition coefficient (Wildman–Crippen LogP) is 4.12. The van der Waals surface area contributed by atoms with Gasteiger partial charge in [-0.15, -0.1) is 0 Å². The molecule has 1 N–H and O–H groups in total. The number of carbonyl (C=O) groups is 1. The van der Waals surface area contributed by atoms with Crippen LogP contribution in [-0.2, 0) is 37.4 Å². The summed E-state index contributed by atoms with van der Waals surface area (Å²) >= 11 is 0. The molecule has 0 spiro atoms. The van der Waals surface area contributed by atoms with Crippen molar-refractivity contribution in [3.8, 4) is 0 Å². The van der Waals surface area contributed by atoms with E-state index in [9.17, 15) is 43.6 Å². The van der Waals surface area contributed by atoms with E-state index in [1.165, 1.54) is 40.7 Å². The Morgan fingerprint density at radius 1 is 1.05 bits per heavy atom. The molecule has 0 aliphatic carbocycles. The fourth-order valence-electron chi connectivity index (χ4n) is 5.17. The Labute approximate surface area is 241 Å². The fourth-order valence-corrected chi connectivity index (χ4v) is 7.40. The molecule has 2 atom stereocenters. The van der Waals surface area contributed by atoms with Crippen LogP contribution in [0.2, 0.25) is 0 Å². The van der Waals surface area contributed by atoms with Gasteiger partial charge in [-0.25, -0.2) is 30.3 Å². The first kappa shape index (κ1) is 32.0. The molecule has 0 saturated carbocycles. The van der Waals surface area contributed by atoms with E-state index in [-0.39, 0.29) is 31.0 Å². The number of nitrogens with one attached hydrogen (secondary N) is 1. The Hall–Kier alpha value is -2.88. The lowest BCUT2D eigenvalue weighted by Gasteiger charge is -2.26. The summed E-state index contributed by atoms with van der Waals surface area (Å²) in [5, 5.41) is 0.727. The van der Waals surface area contributed by atoms with Crippen LogP contribution in [-0.4, -0.2) is 70.1 Å². The highest BCUT2D eigenvalue weighted by Gasteiger charge is 2.42. The van der Waals surface area contributed by atoms with Gasteiger partial charge in [0.05, 0.1) is 22.9 Å². The lowest BCUT2D eigenvalue weighted by atomic mass is 9.90. The number of amides is 1. The zero-order valence-corrected chi connectivity index (χ0v) is 24.0. The van der Waals surface area contributed by atoms with Crippen molar-refractivity contribution in [2.75, 3.05) is 26.2 Å². The van der Waals surface area contributed by atoms with Crippen molar-refractivity contribution in [1.29, 1.82) is 0 Å². The smallest absolute Gasteiger partial charge is 0.336 e. The first-order valence-electron chi connectivity index (χ1n) is 13.1. The van der Waals surface area contributed by atoms with E-state index in [4.69, 9.17) is 0 Å². The molecule has 1 amide bonds. The minimum Gasteiger partial charge on any atom is -0.336 e. The van der Waals surface area contributed by atoms with Gasteiger partial charge in [-0.05, 0) is 54.7 Å². The summed E-state index contributed by atoms with van der Waals surface area (Å²) in [5.41, 5.74) is -0.197. The van der Waals surface area contributed by atoms with Crippen molar-refractivity contribution in [3.05, 3.63) is 77.2 Å². The first-order chi connectivity index (χ1) is 19.5. The summed E-state index contributed by atoms with van der Waals surface area (Å²) in [6.07, 6.45) is -4.21. The van der Waals surface area contributed by atoms with Crippen molar-refractivity contribution in [2.45, 2.75) is 54.6 Å². The van der Waals surface area contributed by atoms with Crippen LogP contribution in [0.3, 0.4) is 0 Å². The van der Waals surface area contributed by atoms with Crippen LogP contribution in [0.5, 0.6) is 0 Å². The van der Waals surface area contributed by atoms with Crippen LogP contribution in [0.15, 0.2) is 65.4 Å². The molecule has 2 aliphatic heterocycles. The topological polar surface area (TPSA) is 104 Å². The lowest BCUT2D eigenvalue weighted by molar-refractivity contribution is -0.137. The molecule has 230 valence electrons. The Bertz CT molecular complexity index is 1510. The maximum Gasteiger partial charge on any atom is 0.416 e. The zero-order valence-electron chi connectivity index (χ0n) is 22.4. The van der Waals surface area contributed by atoms with E-state index >= 15 is 0 Å². The van der Waals surface area contributed by atoms with E-state index in [1.54, 1.807) is 0 Å². The normalized spacial score (nSPS) is 20.5. The Kier molecular flexibility index (Phi) is 9.17. The number of benzene rings is 2. The van der Waals surface area contributed by atoms with Crippen molar-refractivity contribution < 1.29 is 43.6 Å². The number of likely N-dealkylation sites (tertiary alicyclic amines) is 1. The molecule has 0 bridgehead atoms. The number of halogens is 5. The highest BCUT2D eigenvalue weighted by molar-refractivity contribution is 7.92. The highest BCUT2D eigenvalue weighted by Crippen LogP contribution is 2.34. The molecule has 2 aromatic carbocycles.